The van der Waals surface area contributed by atoms with E-state index in [2.05, 4.69) is 17.0 Å². The fourth-order valence-electron chi connectivity index (χ4n) is 7.01. The van der Waals surface area contributed by atoms with E-state index in [1.54, 1.807) is 18.2 Å². The minimum atomic E-state index is -0.892. The first kappa shape index (κ1) is 27.7. The van der Waals surface area contributed by atoms with E-state index in [4.69, 9.17) is 20.4 Å². The van der Waals surface area contributed by atoms with Gasteiger partial charge in [-0.05, 0) is 56.0 Å². The number of nitrogen functional groups attached to an aromatic ring is 1. The maximum atomic E-state index is 14.8. The summed E-state index contributed by atoms with van der Waals surface area (Å²) in [6.45, 7) is 1.50. The summed E-state index contributed by atoms with van der Waals surface area (Å²) in [6, 6.07) is 10.8. The Balaban J connectivity index is 1.38. The van der Waals surface area contributed by atoms with Gasteiger partial charge in [0, 0.05) is 42.4 Å². The second-order valence-electron chi connectivity index (χ2n) is 11.9. The van der Waals surface area contributed by atoms with E-state index in [0.29, 0.717) is 64.6 Å². The minimum absolute atomic E-state index is 0.0425. The number of ether oxygens (including phenoxy) is 1. The van der Waals surface area contributed by atoms with E-state index in [1.807, 2.05) is 11.9 Å². The van der Waals surface area contributed by atoms with Crippen LogP contribution < -0.4 is 15.4 Å². The normalized spacial score (nSPS) is 24.9. The molecule has 7 rings (SSSR count). The molecule has 3 aliphatic rings. The molecule has 43 heavy (non-hydrogen) atoms. The van der Waals surface area contributed by atoms with E-state index in [-0.39, 0.29) is 45.6 Å². The molecule has 2 saturated heterocycles. The van der Waals surface area contributed by atoms with Gasteiger partial charge in [0.2, 0.25) is 0 Å². The maximum absolute atomic E-state index is 14.8. The third-order valence-electron chi connectivity index (χ3n) is 9.34. The number of alkyl halides is 1. The van der Waals surface area contributed by atoms with Crippen LogP contribution in [-0.4, -0.2) is 70.6 Å². The first-order chi connectivity index (χ1) is 20.7. The molecule has 2 aliphatic heterocycles. The molecule has 0 radical (unpaired) electrons. The van der Waals surface area contributed by atoms with Crippen LogP contribution in [0, 0.1) is 28.5 Å². The van der Waals surface area contributed by atoms with Gasteiger partial charge in [-0.3, -0.25) is 4.90 Å². The average Bonchev–Trinajstić information content (AvgIpc) is 3.62. The molecule has 2 atom stereocenters. The Morgan fingerprint density at radius 3 is 2.79 bits per heavy atom. The highest BCUT2D eigenvalue weighted by Crippen LogP contribution is 2.44. The van der Waals surface area contributed by atoms with Crippen LogP contribution in [0.1, 0.15) is 43.2 Å². The van der Waals surface area contributed by atoms with Crippen molar-refractivity contribution in [1.29, 1.82) is 10.5 Å². The highest BCUT2D eigenvalue weighted by Gasteiger charge is 2.49. The molecular formula is C31H29F2N7O2S. The SMILES string of the molecule is CN(c1nc(OCC23CCCN2CC(F)C3)nc2cc(-c3ccc(F)c4sc(N)c(C#N)c34)c(C#N)cc12)C1CC(O)C1. The smallest absolute Gasteiger partial charge is 0.319 e. The summed E-state index contributed by atoms with van der Waals surface area (Å²) in [5.74, 6) is 0.0564. The molecule has 220 valence electrons. The number of nitrogens with zero attached hydrogens (tertiary/aromatic N) is 6. The van der Waals surface area contributed by atoms with Crippen LogP contribution in [0.4, 0.5) is 19.6 Å². The van der Waals surface area contributed by atoms with Crippen molar-refractivity contribution in [2.75, 3.05) is 37.4 Å². The van der Waals surface area contributed by atoms with Crippen molar-refractivity contribution in [2.45, 2.75) is 56.0 Å². The number of anilines is 2. The molecule has 2 unspecified atom stereocenters. The molecule has 3 fully saturated rings. The van der Waals surface area contributed by atoms with Gasteiger partial charge in [-0.1, -0.05) is 6.07 Å². The third kappa shape index (κ3) is 4.44. The van der Waals surface area contributed by atoms with E-state index >= 15 is 0 Å². The number of thiophene rings is 1. The standard InChI is InChI=1S/C31H29F2N7O2S/c1-39(18-8-19(41)9-18)29-22-7-16(12-34)21(20-3-4-24(33)27-26(20)23(13-35)28(36)43-27)10-25(22)37-30(38-29)42-15-31-5-2-6-40(31)14-17(32)11-31/h3-4,7,10,17-19,41H,2,5-6,8-9,11,14-15,36H2,1H3. The molecule has 0 bridgehead atoms. The fraction of sp³-hybridized carbons (Fsp3) is 0.419. The topological polar surface area (TPSA) is 135 Å². The van der Waals surface area contributed by atoms with Crippen molar-refractivity contribution in [1.82, 2.24) is 14.9 Å². The zero-order valence-electron chi connectivity index (χ0n) is 23.5. The number of nitriles is 2. The van der Waals surface area contributed by atoms with Gasteiger partial charge in [-0.2, -0.15) is 20.5 Å². The Bertz CT molecular complexity index is 1860. The number of fused-ring (bicyclic) bond motifs is 3. The van der Waals surface area contributed by atoms with Crippen LogP contribution in [0.15, 0.2) is 24.3 Å². The molecule has 4 heterocycles. The lowest BCUT2D eigenvalue weighted by molar-refractivity contribution is 0.0748. The summed E-state index contributed by atoms with van der Waals surface area (Å²) in [6.07, 6.45) is 2.13. The summed E-state index contributed by atoms with van der Waals surface area (Å²) in [5.41, 5.74) is 7.63. The van der Waals surface area contributed by atoms with Gasteiger partial charge in [0.05, 0.1) is 39.1 Å². The molecule has 2 aromatic heterocycles. The number of hydrogen-bond donors (Lipinski definition) is 2. The largest absolute Gasteiger partial charge is 0.461 e. The zero-order valence-corrected chi connectivity index (χ0v) is 24.3. The molecule has 12 heteroatoms. The Morgan fingerprint density at radius 1 is 1.23 bits per heavy atom. The molecule has 1 saturated carbocycles. The van der Waals surface area contributed by atoms with Crippen molar-refractivity contribution in [3.05, 3.63) is 41.2 Å². The van der Waals surface area contributed by atoms with E-state index in [9.17, 15) is 24.4 Å². The van der Waals surface area contributed by atoms with Crippen molar-refractivity contribution in [2.24, 2.45) is 0 Å². The van der Waals surface area contributed by atoms with Gasteiger partial charge in [0.25, 0.3) is 0 Å². The van der Waals surface area contributed by atoms with Gasteiger partial charge in [-0.25, -0.2) is 8.78 Å². The first-order valence-electron chi connectivity index (χ1n) is 14.3. The molecule has 0 spiro atoms. The Kier molecular flexibility index (Phi) is 6.62. The zero-order chi connectivity index (χ0) is 30.0. The monoisotopic (exact) mass is 601 g/mol. The van der Waals surface area contributed by atoms with Crippen molar-refractivity contribution >= 4 is 43.1 Å². The number of hydrogen-bond acceptors (Lipinski definition) is 10. The summed E-state index contributed by atoms with van der Waals surface area (Å²) in [7, 11) is 1.89. The predicted molar refractivity (Wildman–Crippen MR) is 160 cm³/mol. The van der Waals surface area contributed by atoms with Crippen molar-refractivity contribution in [3.8, 4) is 29.3 Å². The summed E-state index contributed by atoms with van der Waals surface area (Å²) in [5, 5.41) is 31.2. The van der Waals surface area contributed by atoms with Crippen molar-refractivity contribution in [3.63, 3.8) is 0 Å². The summed E-state index contributed by atoms with van der Waals surface area (Å²) < 4.78 is 35.7. The van der Waals surface area contributed by atoms with Crippen LogP contribution in [0.2, 0.25) is 0 Å². The maximum Gasteiger partial charge on any atom is 0.319 e. The molecule has 4 aromatic rings. The highest BCUT2D eigenvalue weighted by molar-refractivity contribution is 7.23. The van der Waals surface area contributed by atoms with Crippen LogP contribution in [-0.2, 0) is 0 Å². The van der Waals surface area contributed by atoms with Crippen LogP contribution in [0.3, 0.4) is 0 Å². The Morgan fingerprint density at radius 2 is 2.05 bits per heavy atom. The van der Waals surface area contributed by atoms with Gasteiger partial charge in [0.15, 0.2) is 0 Å². The lowest BCUT2D eigenvalue weighted by Gasteiger charge is -2.39. The fourth-order valence-corrected chi connectivity index (χ4v) is 7.96. The number of aromatic nitrogens is 2. The predicted octanol–water partition coefficient (Wildman–Crippen LogP) is 4.89. The van der Waals surface area contributed by atoms with E-state index in [0.717, 1.165) is 30.7 Å². The summed E-state index contributed by atoms with van der Waals surface area (Å²) in [4.78, 5) is 13.7. The van der Waals surface area contributed by atoms with Crippen LogP contribution >= 0.6 is 11.3 Å². The van der Waals surface area contributed by atoms with Gasteiger partial charge >= 0.3 is 6.01 Å². The number of halogens is 2. The van der Waals surface area contributed by atoms with E-state index in [1.165, 1.54) is 6.07 Å². The third-order valence-corrected chi connectivity index (χ3v) is 10.4. The van der Waals surface area contributed by atoms with E-state index < -0.39 is 12.0 Å². The lowest BCUT2D eigenvalue weighted by Crippen LogP contribution is -2.46. The minimum Gasteiger partial charge on any atom is -0.461 e. The van der Waals surface area contributed by atoms with Gasteiger partial charge in [0.1, 0.15) is 35.5 Å². The van der Waals surface area contributed by atoms with Crippen LogP contribution in [0.25, 0.3) is 32.1 Å². The van der Waals surface area contributed by atoms with Gasteiger partial charge in [-0.15, -0.1) is 11.3 Å². The number of aliphatic hydroxyl groups is 1. The number of benzene rings is 2. The molecular weight excluding hydrogens is 572 g/mol. The van der Waals surface area contributed by atoms with Crippen molar-refractivity contribution < 1.29 is 18.6 Å². The average molecular weight is 602 g/mol. The lowest BCUT2D eigenvalue weighted by atomic mass is 9.88. The second kappa shape index (κ2) is 10.3. The van der Waals surface area contributed by atoms with Crippen LogP contribution in [0.5, 0.6) is 6.01 Å². The Hall–Kier alpha value is -4.10. The number of rotatable bonds is 6. The molecule has 9 nitrogen and oxygen atoms in total. The first-order valence-corrected chi connectivity index (χ1v) is 15.1. The summed E-state index contributed by atoms with van der Waals surface area (Å²) >= 11 is 0.997. The molecule has 0 amide bonds. The number of aliphatic hydroxyl groups excluding tert-OH is 1. The molecule has 1 aliphatic carbocycles. The Labute approximate surface area is 250 Å². The highest BCUT2D eigenvalue weighted by atomic mass is 32.1. The molecule has 2 aromatic carbocycles. The molecule has 3 N–H and O–H groups in total. The van der Waals surface area contributed by atoms with Gasteiger partial charge < -0.3 is 20.5 Å². The quantitative estimate of drug-likeness (QED) is 0.317. The number of nitrogens with two attached hydrogens (primary N) is 1. The second-order valence-corrected chi connectivity index (χ2v) is 12.9.